The molecular formula is C15H17NO5. The summed E-state index contributed by atoms with van der Waals surface area (Å²) < 4.78 is 11.6. The lowest BCUT2D eigenvalue weighted by molar-refractivity contribution is 0.0561. The van der Waals surface area contributed by atoms with Crippen molar-refractivity contribution in [3.05, 3.63) is 46.7 Å². The van der Waals surface area contributed by atoms with Crippen LogP contribution in [-0.4, -0.2) is 28.7 Å². The molecule has 0 saturated heterocycles. The number of rotatable bonds is 5. The van der Waals surface area contributed by atoms with Crippen molar-refractivity contribution >= 4 is 11.9 Å². The van der Waals surface area contributed by atoms with Crippen LogP contribution in [0.1, 0.15) is 45.0 Å². The average Bonchev–Trinajstić information content (AvgIpc) is 3.03. The van der Waals surface area contributed by atoms with Crippen molar-refractivity contribution in [3.63, 3.8) is 0 Å². The largest absolute Gasteiger partial charge is 0.477 e. The summed E-state index contributed by atoms with van der Waals surface area (Å²) in [5.41, 5.74) is 1.87. The van der Waals surface area contributed by atoms with E-state index in [1.165, 1.54) is 13.2 Å². The predicted octanol–water partition coefficient (Wildman–Crippen LogP) is 2.49. The maximum absolute atomic E-state index is 11.4. The molecule has 2 rings (SSSR count). The number of carboxylic acids is 1. The van der Waals surface area contributed by atoms with Crippen LogP contribution in [0.25, 0.3) is 0 Å². The fourth-order valence-corrected chi connectivity index (χ4v) is 2.30. The van der Waals surface area contributed by atoms with Crippen molar-refractivity contribution in [1.82, 2.24) is 4.57 Å². The predicted molar refractivity (Wildman–Crippen MR) is 74.7 cm³/mol. The Kier molecular flexibility index (Phi) is 4.16. The molecule has 0 aliphatic carbocycles. The van der Waals surface area contributed by atoms with Gasteiger partial charge in [-0.05, 0) is 37.1 Å². The highest BCUT2D eigenvalue weighted by Crippen LogP contribution is 2.20. The second-order valence-electron chi connectivity index (χ2n) is 4.66. The summed E-state index contributed by atoms with van der Waals surface area (Å²) in [7, 11) is 1.27. The number of carboxylic acid groups (broad SMARTS) is 1. The van der Waals surface area contributed by atoms with Crippen LogP contribution in [0.4, 0.5) is 0 Å². The lowest BCUT2D eigenvalue weighted by Gasteiger charge is -2.08. The minimum atomic E-state index is -0.973. The first-order chi connectivity index (χ1) is 9.97. The zero-order chi connectivity index (χ0) is 15.6. The van der Waals surface area contributed by atoms with E-state index in [2.05, 4.69) is 4.74 Å². The number of esters is 1. The molecule has 0 amide bonds. The first-order valence-electron chi connectivity index (χ1n) is 6.57. The minimum absolute atomic E-state index is 0.102. The van der Waals surface area contributed by atoms with Gasteiger partial charge < -0.3 is 18.8 Å². The zero-order valence-corrected chi connectivity index (χ0v) is 12.2. The molecule has 0 aromatic carbocycles. The second kappa shape index (κ2) is 5.87. The third-order valence-corrected chi connectivity index (χ3v) is 3.33. The van der Waals surface area contributed by atoms with Gasteiger partial charge in [0.2, 0.25) is 5.76 Å². The first-order valence-corrected chi connectivity index (χ1v) is 6.57. The summed E-state index contributed by atoms with van der Waals surface area (Å²) in [6, 6.07) is 5.01. The quantitative estimate of drug-likeness (QED) is 0.856. The molecule has 0 aliphatic heterocycles. The Bertz CT molecular complexity index is 680. The van der Waals surface area contributed by atoms with Gasteiger partial charge in [-0.25, -0.2) is 9.59 Å². The van der Waals surface area contributed by atoms with Crippen LogP contribution in [0, 0.1) is 6.92 Å². The molecule has 112 valence electrons. The molecule has 0 radical (unpaired) electrons. The minimum Gasteiger partial charge on any atom is -0.477 e. The smallest absolute Gasteiger partial charge is 0.373 e. The van der Waals surface area contributed by atoms with Crippen LogP contribution >= 0.6 is 0 Å². The molecule has 0 spiro atoms. The summed E-state index contributed by atoms with van der Waals surface area (Å²) in [4.78, 5) is 22.8. The molecule has 6 nitrogen and oxygen atoms in total. The van der Waals surface area contributed by atoms with E-state index in [0.717, 1.165) is 11.3 Å². The summed E-state index contributed by atoms with van der Waals surface area (Å²) in [5, 5.41) is 9.37. The molecule has 6 heteroatoms. The van der Waals surface area contributed by atoms with Gasteiger partial charge in [-0.2, -0.15) is 0 Å². The average molecular weight is 291 g/mol. The molecule has 2 aromatic heterocycles. The van der Waals surface area contributed by atoms with Crippen molar-refractivity contribution in [2.24, 2.45) is 0 Å². The van der Waals surface area contributed by atoms with Gasteiger partial charge in [-0.15, -0.1) is 0 Å². The molecule has 1 N–H and O–H groups in total. The van der Waals surface area contributed by atoms with E-state index in [1.54, 1.807) is 10.6 Å². The van der Waals surface area contributed by atoms with Crippen molar-refractivity contribution in [1.29, 1.82) is 0 Å². The molecule has 0 saturated carbocycles. The maximum atomic E-state index is 11.4. The van der Waals surface area contributed by atoms with E-state index in [0.29, 0.717) is 12.2 Å². The fourth-order valence-electron chi connectivity index (χ4n) is 2.30. The van der Waals surface area contributed by atoms with Gasteiger partial charge in [0.1, 0.15) is 11.5 Å². The van der Waals surface area contributed by atoms with Crippen molar-refractivity contribution in [2.75, 3.05) is 7.11 Å². The molecule has 0 atom stereocenters. The number of hydrogen-bond donors (Lipinski definition) is 1. The molecule has 0 unspecified atom stereocenters. The number of carbonyl (C=O) groups is 2. The monoisotopic (exact) mass is 291 g/mol. The third kappa shape index (κ3) is 2.84. The van der Waals surface area contributed by atoms with Gasteiger partial charge in [0.25, 0.3) is 0 Å². The van der Waals surface area contributed by atoms with Crippen LogP contribution < -0.4 is 0 Å². The number of hydrogen-bond acceptors (Lipinski definition) is 4. The van der Waals surface area contributed by atoms with E-state index < -0.39 is 11.9 Å². The van der Waals surface area contributed by atoms with Gasteiger partial charge >= 0.3 is 11.9 Å². The number of furan rings is 1. The number of carbonyl (C=O) groups excluding carboxylic acids is 1. The van der Waals surface area contributed by atoms with E-state index in [4.69, 9.17) is 4.42 Å². The molecule has 0 bridgehead atoms. The van der Waals surface area contributed by atoms with Crippen molar-refractivity contribution in [2.45, 2.75) is 26.8 Å². The van der Waals surface area contributed by atoms with Crippen LogP contribution in [-0.2, 0) is 17.7 Å². The van der Waals surface area contributed by atoms with Gasteiger partial charge in [0.05, 0.1) is 13.7 Å². The van der Waals surface area contributed by atoms with Gasteiger partial charge in [0, 0.05) is 5.69 Å². The summed E-state index contributed by atoms with van der Waals surface area (Å²) in [5.74, 6) is -0.929. The number of methoxy groups -OCH3 is 1. The van der Waals surface area contributed by atoms with Crippen LogP contribution in [0.2, 0.25) is 0 Å². The van der Waals surface area contributed by atoms with Crippen LogP contribution in [0.3, 0.4) is 0 Å². The molecule has 21 heavy (non-hydrogen) atoms. The fraction of sp³-hybridized carbons (Fsp3) is 0.333. The lowest BCUT2D eigenvalue weighted by atomic mass is 10.2. The van der Waals surface area contributed by atoms with Gasteiger partial charge in [-0.3, -0.25) is 0 Å². The van der Waals surface area contributed by atoms with Gasteiger partial charge in [0.15, 0.2) is 0 Å². The highest BCUT2D eigenvalue weighted by molar-refractivity contribution is 5.88. The second-order valence-corrected chi connectivity index (χ2v) is 4.66. The molecule has 2 aromatic rings. The number of aryl methyl sites for hydroxylation is 2. The van der Waals surface area contributed by atoms with E-state index >= 15 is 0 Å². The van der Waals surface area contributed by atoms with Crippen LogP contribution in [0.5, 0.6) is 0 Å². The van der Waals surface area contributed by atoms with Crippen LogP contribution in [0.15, 0.2) is 22.6 Å². The van der Waals surface area contributed by atoms with E-state index in [-0.39, 0.29) is 18.0 Å². The topological polar surface area (TPSA) is 81.7 Å². The molecule has 2 heterocycles. The lowest BCUT2D eigenvalue weighted by Crippen LogP contribution is -2.12. The highest BCUT2D eigenvalue weighted by atomic mass is 16.5. The first kappa shape index (κ1) is 14.9. The Morgan fingerprint density at radius 3 is 2.67 bits per heavy atom. The molecular weight excluding hydrogens is 274 g/mol. The highest BCUT2D eigenvalue weighted by Gasteiger charge is 2.19. The summed E-state index contributed by atoms with van der Waals surface area (Å²) in [6.45, 7) is 4.01. The Morgan fingerprint density at radius 2 is 2.10 bits per heavy atom. The number of nitrogens with zero attached hydrogens (tertiary/aromatic N) is 1. The number of aromatic carboxylic acids is 1. The standard InChI is InChI=1S/C15H17NO5/c1-4-10-7-9(2)16(13(10)14(17)18)8-11-5-6-12(21-11)15(19)20-3/h5-7H,4,8H2,1-3H3,(H,17,18). The Morgan fingerprint density at radius 1 is 1.38 bits per heavy atom. The SMILES string of the molecule is CCc1cc(C)n(Cc2ccc(C(=O)OC)o2)c1C(=O)O. The molecule has 0 fully saturated rings. The number of aromatic nitrogens is 1. The van der Waals surface area contributed by atoms with Crippen molar-refractivity contribution in [3.8, 4) is 0 Å². The summed E-state index contributed by atoms with van der Waals surface area (Å²) in [6.07, 6.45) is 0.640. The Balaban J connectivity index is 2.35. The zero-order valence-electron chi connectivity index (χ0n) is 12.2. The van der Waals surface area contributed by atoms with E-state index in [1.807, 2.05) is 19.9 Å². The Hall–Kier alpha value is -2.50. The van der Waals surface area contributed by atoms with E-state index in [9.17, 15) is 14.7 Å². The normalized spacial score (nSPS) is 10.6. The summed E-state index contributed by atoms with van der Waals surface area (Å²) >= 11 is 0. The Labute approximate surface area is 121 Å². The molecule has 0 aliphatic rings. The third-order valence-electron chi connectivity index (χ3n) is 3.33. The van der Waals surface area contributed by atoms with Crippen molar-refractivity contribution < 1.29 is 23.8 Å². The number of ether oxygens (including phenoxy) is 1. The maximum Gasteiger partial charge on any atom is 0.373 e. The van der Waals surface area contributed by atoms with Gasteiger partial charge in [-0.1, -0.05) is 6.92 Å².